The van der Waals surface area contributed by atoms with E-state index in [0.717, 1.165) is 0 Å². The summed E-state index contributed by atoms with van der Waals surface area (Å²) in [5, 5.41) is 0. The minimum atomic E-state index is -6.28. The molecule has 0 saturated heterocycles. The van der Waals surface area contributed by atoms with Gasteiger partial charge in [-0.25, -0.2) is 0 Å². The Bertz CT molecular complexity index is 415. The zero-order valence-corrected chi connectivity index (χ0v) is 10.5. The van der Waals surface area contributed by atoms with E-state index in [1.165, 1.54) is 0 Å². The minimum Gasteiger partial charge on any atom is -0.324 e. The Labute approximate surface area is 93.0 Å². The van der Waals surface area contributed by atoms with Crippen molar-refractivity contribution in [3.05, 3.63) is 0 Å². The predicted molar refractivity (Wildman–Crippen MR) is 49.7 cm³/mol. The van der Waals surface area contributed by atoms with Crippen LogP contribution in [-0.2, 0) is 13.7 Å². The van der Waals surface area contributed by atoms with Crippen LogP contribution in [0.4, 0.5) is 8.78 Å². The lowest BCUT2D eigenvalue weighted by atomic mass is 10.5. The summed E-state index contributed by atoms with van der Waals surface area (Å²) in [5.41, 5.74) is -8.70. The van der Waals surface area contributed by atoms with Gasteiger partial charge in [0.1, 0.15) is 5.66 Å². The molecule has 9 nitrogen and oxygen atoms in total. The Morgan fingerprint density at radius 2 is 1.29 bits per heavy atom. The Morgan fingerprint density at radius 3 is 1.47 bits per heavy atom. The molecule has 0 rings (SSSR count). The maximum Gasteiger partial charge on any atom is 0.395 e. The van der Waals surface area contributed by atoms with Crippen LogP contribution in [0.1, 0.15) is 0 Å². The summed E-state index contributed by atoms with van der Waals surface area (Å²) in [6.45, 7) is 0. The third-order valence-corrected chi connectivity index (χ3v) is 5.35. The van der Waals surface area contributed by atoms with Crippen molar-refractivity contribution in [1.29, 1.82) is 0 Å². The van der Waals surface area contributed by atoms with Crippen molar-refractivity contribution in [1.82, 2.24) is 0 Å². The number of rotatable bonds is 5. The third-order valence-electron chi connectivity index (χ3n) is 1.61. The van der Waals surface area contributed by atoms with Gasteiger partial charge in [-0.3, -0.25) is 13.7 Å². The molecular weight excluding hydrogens is 311 g/mol. The highest BCUT2D eigenvalue weighted by Crippen LogP contribution is 2.65. The molecule has 0 aliphatic carbocycles. The normalized spacial score (nSPS) is 16.9. The zero-order valence-electron chi connectivity index (χ0n) is 7.79. The van der Waals surface area contributed by atoms with Gasteiger partial charge in [0.15, 0.2) is 0 Å². The fourth-order valence-corrected chi connectivity index (χ4v) is 4.94. The molecule has 0 aromatic rings. The quantitative estimate of drug-likeness (QED) is 0.364. The Kier molecular flexibility index (Phi) is 4.86. The van der Waals surface area contributed by atoms with Crippen LogP contribution < -0.4 is 0 Å². The number of alkyl halides is 2. The smallest absolute Gasteiger partial charge is 0.324 e. The van der Waals surface area contributed by atoms with Gasteiger partial charge in [0.05, 0.1) is 6.16 Å². The summed E-state index contributed by atoms with van der Waals surface area (Å²) in [6.07, 6.45) is -2.05. The molecule has 0 aliphatic heterocycles. The number of hydrogen-bond acceptors (Lipinski definition) is 3. The highest BCUT2D eigenvalue weighted by Gasteiger charge is 2.62. The van der Waals surface area contributed by atoms with E-state index in [1.807, 2.05) is 0 Å². The first kappa shape index (κ1) is 17.3. The predicted octanol–water partition coefficient (Wildman–Crippen LogP) is -0.519. The first-order valence-electron chi connectivity index (χ1n) is 3.62. The molecule has 6 N–H and O–H groups in total. The lowest BCUT2D eigenvalue weighted by Gasteiger charge is -2.27. The molecule has 0 bridgehead atoms. The van der Waals surface area contributed by atoms with E-state index in [0.29, 0.717) is 0 Å². The second-order valence-electron chi connectivity index (χ2n) is 3.08. The summed E-state index contributed by atoms with van der Waals surface area (Å²) in [5.74, 6) is 0. The summed E-state index contributed by atoms with van der Waals surface area (Å²) in [6, 6.07) is 0. The standard InChI is InChI=1S/C3H9F2O9P3/c4-3(5,17(12,13)14)2(16(9,10)11)1-15(6,7)8/h2H,1H2,(H2,6,7,8)(H2,9,10,11)(H2,12,13,14). The molecule has 0 spiro atoms. The second-order valence-corrected chi connectivity index (χ2v) is 8.26. The molecular formula is C3H9F2O9P3. The van der Waals surface area contributed by atoms with E-state index < -0.39 is 40.3 Å². The van der Waals surface area contributed by atoms with Gasteiger partial charge in [0.2, 0.25) is 0 Å². The molecule has 1 unspecified atom stereocenters. The van der Waals surface area contributed by atoms with Gasteiger partial charge in [0, 0.05) is 0 Å². The van der Waals surface area contributed by atoms with Crippen LogP contribution in [0.15, 0.2) is 0 Å². The van der Waals surface area contributed by atoms with Crippen molar-refractivity contribution in [3.63, 3.8) is 0 Å². The van der Waals surface area contributed by atoms with Gasteiger partial charge >= 0.3 is 28.5 Å². The molecule has 14 heteroatoms. The van der Waals surface area contributed by atoms with Crippen LogP contribution in [-0.4, -0.2) is 46.8 Å². The minimum absolute atomic E-state index is 2.05. The Hall–Kier alpha value is 0.310. The van der Waals surface area contributed by atoms with Gasteiger partial charge in [-0.05, 0) is 0 Å². The summed E-state index contributed by atoms with van der Waals surface area (Å²) < 4.78 is 57.5. The maximum absolute atomic E-state index is 13.0. The molecule has 0 aromatic carbocycles. The molecule has 104 valence electrons. The summed E-state index contributed by atoms with van der Waals surface area (Å²) in [4.78, 5) is 50.2. The van der Waals surface area contributed by atoms with Crippen LogP contribution >= 0.6 is 22.8 Å². The van der Waals surface area contributed by atoms with Crippen molar-refractivity contribution < 1.29 is 51.8 Å². The molecule has 0 heterocycles. The van der Waals surface area contributed by atoms with Crippen molar-refractivity contribution >= 4 is 22.8 Å². The topological polar surface area (TPSA) is 173 Å². The van der Waals surface area contributed by atoms with Crippen molar-refractivity contribution in [2.24, 2.45) is 0 Å². The van der Waals surface area contributed by atoms with Crippen molar-refractivity contribution in [2.75, 3.05) is 6.16 Å². The Balaban J connectivity index is 5.60. The van der Waals surface area contributed by atoms with Gasteiger partial charge in [-0.15, -0.1) is 0 Å². The van der Waals surface area contributed by atoms with Crippen LogP contribution in [0.3, 0.4) is 0 Å². The number of hydrogen-bond donors (Lipinski definition) is 6. The van der Waals surface area contributed by atoms with Crippen LogP contribution in [0.25, 0.3) is 0 Å². The molecule has 17 heavy (non-hydrogen) atoms. The first-order valence-corrected chi connectivity index (χ1v) is 8.71. The maximum atomic E-state index is 13.0. The van der Waals surface area contributed by atoms with Crippen LogP contribution in [0.5, 0.6) is 0 Å². The van der Waals surface area contributed by atoms with E-state index in [-0.39, 0.29) is 0 Å². The first-order chi connectivity index (χ1) is 7.09. The van der Waals surface area contributed by atoms with E-state index in [1.54, 1.807) is 0 Å². The molecule has 0 radical (unpaired) electrons. The van der Waals surface area contributed by atoms with E-state index >= 15 is 0 Å². The van der Waals surface area contributed by atoms with Crippen LogP contribution in [0, 0.1) is 0 Å². The highest BCUT2D eigenvalue weighted by molar-refractivity contribution is 7.59. The number of halogens is 2. The molecule has 0 fully saturated rings. The van der Waals surface area contributed by atoms with Gasteiger partial charge < -0.3 is 29.4 Å². The fourth-order valence-electron chi connectivity index (χ4n) is 0.838. The largest absolute Gasteiger partial charge is 0.395 e. The van der Waals surface area contributed by atoms with E-state index in [4.69, 9.17) is 29.4 Å². The SMILES string of the molecule is O=P(O)(O)CC(C(F)(F)P(=O)(O)O)P(=O)(O)O. The third kappa shape index (κ3) is 4.82. The Morgan fingerprint density at radius 1 is 0.941 bits per heavy atom. The lowest BCUT2D eigenvalue weighted by Crippen LogP contribution is -2.36. The van der Waals surface area contributed by atoms with Crippen molar-refractivity contribution in [2.45, 2.75) is 11.3 Å². The van der Waals surface area contributed by atoms with E-state index in [9.17, 15) is 22.5 Å². The molecule has 1 atom stereocenters. The highest BCUT2D eigenvalue weighted by atomic mass is 31.2. The van der Waals surface area contributed by atoms with E-state index in [2.05, 4.69) is 0 Å². The average Bonchev–Trinajstić information content (AvgIpc) is 1.93. The van der Waals surface area contributed by atoms with Gasteiger partial charge in [-0.2, -0.15) is 8.78 Å². The summed E-state index contributed by atoms with van der Waals surface area (Å²) >= 11 is 0. The van der Waals surface area contributed by atoms with Gasteiger partial charge in [-0.1, -0.05) is 0 Å². The van der Waals surface area contributed by atoms with Gasteiger partial charge in [0.25, 0.3) is 0 Å². The monoisotopic (exact) mass is 320 g/mol. The second kappa shape index (κ2) is 4.77. The lowest BCUT2D eigenvalue weighted by molar-refractivity contribution is 0.0510. The molecule has 0 amide bonds. The van der Waals surface area contributed by atoms with Crippen molar-refractivity contribution in [3.8, 4) is 0 Å². The summed E-state index contributed by atoms with van der Waals surface area (Å²) in [7, 11) is -17.4. The molecule has 0 aliphatic rings. The van der Waals surface area contributed by atoms with Crippen LogP contribution in [0.2, 0.25) is 0 Å². The molecule has 0 saturated carbocycles. The molecule has 0 aromatic heterocycles. The fraction of sp³-hybridized carbons (Fsp3) is 1.00. The zero-order chi connectivity index (χ0) is 14.3. The average molecular weight is 320 g/mol.